The maximum atomic E-state index is 9.99. The molecule has 2 saturated heterocycles. The molecule has 130 valence electrons. The minimum atomic E-state index is -2.14. The minimum absolute atomic E-state index is 0.630. The van der Waals surface area contributed by atoms with Crippen LogP contribution in [0.2, 0.25) is 0 Å². The van der Waals surface area contributed by atoms with Crippen molar-refractivity contribution in [3.05, 3.63) is 0 Å². The van der Waals surface area contributed by atoms with Crippen LogP contribution in [-0.2, 0) is 14.2 Å². The predicted molar refractivity (Wildman–Crippen MR) is 67.2 cm³/mol. The number of rotatable bonds is 4. The van der Waals surface area contributed by atoms with Crippen molar-refractivity contribution in [1.29, 1.82) is 0 Å². The molecule has 0 bridgehead atoms. The Morgan fingerprint density at radius 3 is 2.09 bits per heavy atom. The van der Waals surface area contributed by atoms with E-state index in [1.54, 1.807) is 0 Å². The quantitative estimate of drug-likeness (QED) is 0.268. The van der Waals surface area contributed by atoms with Crippen LogP contribution in [0.3, 0.4) is 0 Å². The molecule has 7 N–H and O–H groups in total. The lowest BCUT2D eigenvalue weighted by atomic mass is 9.99. The molecule has 1 unspecified atom stereocenters. The van der Waals surface area contributed by atoms with Crippen molar-refractivity contribution in [2.24, 2.45) is 0 Å². The first-order valence-corrected chi connectivity index (χ1v) is 6.90. The highest BCUT2D eigenvalue weighted by Crippen LogP contribution is 2.35. The molecule has 0 amide bonds. The van der Waals surface area contributed by atoms with E-state index in [0.29, 0.717) is 0 Å². The molecule has 22 heavy (non-hydrogen) atoms. The highest BCUT2D eigenvalue weighted by Gasteiger charge is 2.58. The molecule has 2 fully saturated rings. The molecule has 0 radical (unpaired) electrons. The molecule has 10 heteroatoms. The summed E-state index contributed by atoms with van der Waals surface area (Å²) in [6, 6.07) is 0. The highest BCUT2D eigenvalue weighted by molar-refractivity contribution is 4.98. The van der Waals surface area contributed by atoms with Crippen LogP contribution in [0.4, 0.5) is 0 Å². The van der Waals surface area contributed by atoms with Gasteiger partial charge in [-0.05, 0) is 6.92 Å². The molecule has 2 rings (SSSR count). The van der Waals surface area contributed by atoms with Crippen LogP contribution < -0.4 is 0 Å². The third-order valence-electron chi connectivity index (χ3n) is 4.03. The summed E-state index contributed by atoms with van der Waals surface area (Å²) < 4.78 is 15.6. The molecule has 2 heterocycles. The summed E-state index contributed by atoms with van der Waals surface area (Å²) >= 11 is 0. The summed E-state index contributed by atoms with van der Waals surface area (Å²) in [5, 5.41) is 67.5. The first kappa shape index (κ1) is 17.9. The van der Waals surface area contributed by atoms with Crippen molar-refractivity contribution in [3.63, 3.8) is 0 Å². The van der Waals surface area contributed by atoms with Gasteiger partial charge in [0.25, 0.3) is 0 Å². The highest BCUT2D eigenvalue weighted by atomic mass is 16.8. The van der Waals surface area contributed by atoms with Gasteiger partial charge in [-0.3, -0.25) is 0 Å². The Bertz CT molecular complexity index is 381. The largest absolute Gasteiger partial charge is 0.394 e. The number of hydrogen-bond acceptors (Lipinski definition) is 10. The van der Waals surface area contributed by atoms with Crippen molar-refractivity contribution in [2.45, 2.75) is 61.7 Å². The molecule has 9 atom stereocenters. The minimum Gasteiger partial charge on any atom is -0.394 e. The van der Waals surface area contributed by atoms with Crippen molar-refractivity contribution in [1.82, 2.24) is 0 Å². The zero-order chi connectivity index (χ0) is 16.7. The summed E-state index contributed by atoms with van der Waals surface area (Å²) in [4.78, 5) is 0. The molecule has 2 aliphatic heterocycles. The zero-order valence-corrected chi connectivity index (χ0v) is 11.9. The maximum Gasteiger partial charge on any atom is 0.224 e. The average Bonchev–Trinajstić information content (AvgIpc) is 2.75. The van der Waals surface area contributed by atoms with Gasteiger partial charge < -0.3 is 50.0 Å². The van der Waals surface area contributed by atoms with Gasteiger partial charge in [-0.2, -0.15) is 0 Å². The second-order valence-corrected chi connectivity index (χ2v) is 5.54. The van der Waals surface area contributed by atoms with E-state index < -0.39 is 68.0 Å². The van der Waals surface area contributed by atoms with E-state index in [0.717, 1.165) is 0 Å². The fourth-order valence-corrected chi connectivity index (χ4v) is 2.58. The first-order valence-electron chi connectivity index (χ1n) is 6.90. The third-order valence-corrected chi connectivity index (χ3v) is 4.03. The van der Waals surface area contributed by atoms with Crippen molar-refractivity contribution in [3.8, 4) is 0 Å². The van der Waals surface area contributed by atoms with Crippen LogP contribution in [0.5, 0.6) is 0 Å². The normalized spacial score (nSPS) is 52.9. The molecule has 0 aromatic heterocycles. The van der Waals surface area contributed by atoms with Crippen LogP contribution in [0.25, 0.3) is 0 Å². The monoisotopic (exact) mass is 326 g/mol. The van der Waals surface area contributed by atoms with E-state index in [2.05, 4.69) is 0 Å². The van der Waals surface area contributed by atoms with Gasteiger partial charge in [0.05, 0.1) is 12.7 Å². The molecule has 10 nitrogen and oxygen atoms in total. The van der Waals surface area contributed by atoms with Gasteiger partial charge >= 0.3 is 0 Å². The molecule has 0 aliphatic carbocycles. The lowest BCUT2D eigenvalue weighted by molar-refractivity contribution is -0.380. The second-order valence-electron chi connectivity index (χ2n) is 5.54. The van der Waals surface area contributed by atoms with E-state index in [1.807, 2.05) is 0 Å². The van der Waals surface area contributed by atoms with Crippen molar-refractivity contribution in [2.75, 3.05) is 13.2 Å². The Morgan fingerprint density at radius 1 is 0.955 bits per heavy atom. The van der Waals surface area contributed by atoms with Gasteiger partial charge in [0.2, 0.25) is 5.79 Å². The van der Waals surface area contributed by atoms with Crippen LogP contribution in [0, 0.1) is 0 Å². The average molecular weight is 326 g/mol. The zero-order valence-electron chi connectivity index (χ0n) is 11.9. The summed E-state index contributed by atoms with van der Waals surface area (Å²) in [6.07, 6.45) is -11.4. The van der Waals surface area contributed by atoms with Crippen LogP contribution in [0.15, 0.2) is 0 Å². The predicted octanol–water partition coefficient (Wildman–Crippen LogP) is -4.37. The van der Waals surface area contributed by atoms with Gasteiger partial charge in [0, 0.05) is 0 Å². The fraction of sp³-hybridized carbons (Fsp3) is 1.00. The van der Waals surface area contributed by atoms with E-state index in [1.165, 1.54) is 6.92 Å². The standard InChI is InChI=1S/C12H22O10/c1-4-6(15)8(17)9(18)11(20-4)22-12(3-14)10(19)7(16)5(2-13)21-12/h4-11,13-19H,2-3H2,1H3/t4-,5-,6-,7-,8+,9-,10+,11-,12?/m1/s1. The van der Waals surface area contributed by atoms with Gasteiger partial charge in [-0.15, -0.1) is 0 Å². The Balaban J connectivity index is 2.16. The van der Waals surface area contributed by atoms with E-state index in [4.69, 9.17) is 19.3 Å². The smallest absolute Gasteiger partial charge is 0.224 e. The van der Waals surface area contributed by atoms with Crippen molar-refractivity contribution >= 4 is 0 Å². The van der Waals surface area contributed by atoms with E-state index in [-0.39, 0.29) is 0 Å². The fourth-order valence-electron chi connectivity index (χ4n) is 2.58. The molecule has 0 saturated carbocycles. The Labute approximate surface area is 126 Å². The SMILES string of the molecule is C[C@H]1O[C@H](OC2(CO)O[C@H](CO)[C@@H](O)[C@@H]2O)[C@H](O)[C@@H](O)[C@@H]1O. The lowest BCUT2D eigenvalue weighted by Crippen LogP contribution is -2.61. The first-order chi connectivity index (χ1) is 10.3. The Hall–Kier alpha value is -0.400. The Morgan fingerprint density at radius 2 is 1.59 bits per heavy atom. The topological polar surface area (TPSA) is 169 Å². The lowest BCUT2D eigenvalue weighted by Gasteiger charge is -2.42. The maximum absolute atomic E-state index is 9.99. The molecular weight excluding hydrogens is 304 g/mol. The number of ether oxygens (including phenoxy) is 3. The van der Waals surface area contributed by atoms with Crippen molar-refractivity contribution < 1.29 is 50.0 Å². The molecular formula is C12H22O10. The number of aliphatic hydroxyl groups excluding tert-OH is 7. The van der Waals surface area contributed by atoms with Crippen LogP contribution in [-0.4, -0.2) is 104 Å². The van der Waals surface area contributed by atoms with E-state index >= 15 is 0 Å². The number of hydrogen-bond donors (Lipinski definition) is 7. The molecule has 0 aromatic carbocycles. The molecule has 0 aromatic rings. The summed E-state index contributed by atoms with van der Waals surface area (Å²) in [7, 11) is 0. The summed E-state index contributed by atoms with van der Waals surface area (Å²) in [5.74, 6) is -2.14. The summed E-state index contributed by atoms with van der Waals surface area (Å²) in [6.45, 7) is -0.102. The van der Waals surface area contributed by atoms with Gasteiger partial charge in [-0.1, -0.05) is 0 Å². The van der Waals surface area contributed by atoms with Gasteiger partial charge in [0.15, 0.2) is 6.29 Å². The summed E-state index contributed by atoms with van der Waals surface area (Å²) in [5.41, 5.74) is 0. The molecule has 2 aliphatic rings. The van der Waals surface area contributed by atoms with Gasteiger partial charge in [-0.25, -0.2) is 0 Å². The van der Waals surface area contributed by atoms with Crippen LogP contribution >= 0.6 is 0 Å². The Kier molecular flexibility index (Phi) is 5.39. The number of aliphatic hydroxyl groups is 7. The molecule has 0 spiro atoms. The third kappa shape index (κ3) is 2.87. The second kappa shape index (κ2) is 6.61. The van der Waals surface area contributed by atoms with E-state index in [9.17, 15) is 30.6 Å². The van der Waals surface area contributed by atoms with Crippen LogP contribution in [0.1, 0.15) is 6.92 Å². The van der Waals surface area contributed by atoms with Gasteiger partial charge in [0.1, 0.15) is 43.2 Å².